The van der Waals surface area contributed by atoms with Crippen LogP contribution in [0.4, 0.5) is 0 Å². The second kappa shape index (κ2) is 11.7. The highest BCUT2D eigenvalue weighted by atomic mass is 32.2. The number of hydrogen-bond acceptors (Lipinski definition) is 4. The Labute approximate surface area is 223 Å². The molecule has 1 amide bonds. The predicted octanol–water partition coefficient (Wildman–Crippen LogP) is 5.22. The lowest BCUT2D eigenvalue weighted by Crippen LogP contribution is -2.39. The van der Waals surface area contributed by atoms with E-state index in [-0.39, 0.29) is 28.7 Å². The molecule has 1 aliphatic heterocycles. The van der Waals surface area contributed by atoms with Crippen molar-refractivity contribution in [2.24, 2.45) is 0 Å². The molecule has 2 aromatic rings. The molecule has 6 nitrogen and oxygen atoms in total. The Hall–Kier alpha value is -2.22. The lowest BCUT2D eigenvalue weighted by atomic mass is 9.86. The van der Waals surface area contributed by atoms with E-state index in [2.05, 4.69) is 53.9 Å². The number of carbonyl (C=O) groups is 1. The van der Waals surface area contributed by atoms with E-state index in [1.54, 1.807) is 19.1 Å². The molecule has 37 heavy (non-hydrogen) atoms. The van der Waals surface area contributed by atoms with E-state index >= 15 is 0 Å². The fourth-order valence-corrected chi connectivity index (χ4v) is 6.78. The number of sulfonamides is 1. The molecule has 1 saturated heterocycles. The van der Waals surface area contributed by atoms with Crippen LogP contribution in [-0.4, -0.2) is 38.4 Å². The maximum Gasteiger partial charge on any atom is 0.240 e. The SMILES string of the molecule is C[C@@H](CC(=O)N[C@@H]1CCCc2cc(CN3CCCCC3)ccc21)NS(=O)(=O)c1ccc(C(C)(C)C)cc1. The fourth-order valence-electron chi connectivity index (χ4n) is 5.53. The van der Waals surface area contributed by atoms with Gasteiger partial charge in [0.15, 0.2) is 0 Å². The topological polar surface area (TPSA) is 78.5 Å². The summed E-state index contributed by atoms with van der Waals surface area (Å²) in [6, 6.07) is 13.2. The van der Waals surface area contributed by atoms with Crippen molar-refractivity contribution in [2.75, 3.05) is 13.1 Å². The van der Waals surface area contributed by atoms with E-state index in [9.17, 15) is 13.2 Å². The van der Waals surface area contributed by atoms with Gasteiger partial charge in [-0.25, -0.2) is 13.1 Å². The van der Waals surface area contributed by atoms with E-state index in [1.165, 1.54) is 49.0 Å². The number of carbonyl (C=O) groups excluding carboxylic acids is 1. The smallest absolute Gasteiger partial charge is 0.240 e. The number of piperidine rings is 1. The van der Waals surface area contributed by atoms with Gasteiger partial charge in [0.2, 0.25) is 15.9 Å². The molecular weight excluding hydrogens is 482 g/mol. The molecule has 0 aromatic heterocycles. The number of aryl methyl sites for hydroxylation is 1. The average Bonchev–Trinajstić information content (AvgIpc) is 2.84. The lowest BCUT2D eigenvalue weighted by molar-refractivity contribution is -0.122. The van der Waals surface area contributed by atoms with Gasteiger partial charge in [0, 0.05) is 19.0 Å². The van der Waals surface area contributed by atoms with E-state index in [4.69, 9.17) is 0 Å². The molecule has 4 rings (SSSR count). The van der Waals surface area contributed by atoms with Crippen LogP contribution in [0.25, 0.3) is 0 Å². The van der Waals surface area contributed by atoms with E-state index < -0.39 is 16.1 Å². The Bertz CT molecular complexity index is 1180. The molecular formula is C30H43N3O3S. The number of benzene rings is 2. The summed E-state index contributed by atoms with van der Waals surface area (Å²) < 4.78 is 28.4. The lowest BCUT2D eigenvalue weighted by Gasteiger charge is -2.29. The van der Waals surface area contributed by atoms with Gasteiger partial charge in [-0.2, -0.15) is 0 Å². The first-order valence-electron chi connectivity index (χ1n) is 13.8. The number of fused-ring (bicyclic) bond motifs is 1. The highest BCUT2D eigenvalue weighted by molar-refractivity contribution is 7.89. The second-order valence-corrected chi connectivity index (χ2v) is 13.6. The van der Waals surface area contributed by atoms with Gasteiger partial charge in [0.1, 0.15) is 0 Å². The monoisotopic (exact) mass is 525 g/mol. The highest BCUT2D eigenvalue weighted by Gasteiger charge is 2.25. The minimum Gasteiger partial charge on any atom is -0.349 e. The molecule has 0 saturated carbocycles. The van der Waals surface area contributed by atoms with Gasteiger partial charge < -0.3 is 5.32 Å². The zero-order valence-electron chi connectivity index (χ0n) is 22.8. The summed E-state index contributed by atoms with van der Waals surface area (Å²) in [7, 11) is -3.70. The van der Waals surface area contributed by atoms with Crippen LogP contribution in [0.2, 0.25) is 0 Å². The minimum atomic E-state index is -3.70. The zero-order valence-corrected chi connectivity index (χ0v) is 23.7. The summed E-state index contributed by atoms with van der Waals surface area (Å²) in [5, 5.41) is 3.17. The van der Waals surface area contributed by atoms with E-state index in [1.807, 2.05) is 12.1 Å². The number of rotatable bonds is 8. The molecule has 202 valence electrons. The second-order valence-electron chi connectivity index (χ2n) is 11.9. The number of likely N-dealkylation sites (tertiary alicyclic amines) is 1. The number of hydrogen-bond donors (Lipinski definition) is 2. The van der Waals surface area contributed by atoms with Crippen LogP contribution >= 0.6 is 0 Å². The van der Waals surface area contributed by atoms with Gasteiger partial charge in [-0.1, -0.05) is 57.5 Å². The molecule has 2 N–H and O–H groups in total. The molecule has 2 atom stereocenters. The van der Waals surface area contributed by atoms with Gasteiger partial charge >= 0.3 is 0 Å². The molecule has 1 heterocycles. The predicted molar refractivity (Wildman–Crippen MR) is 149 cm³/mol. The molecule has 1 fully saturated rings. The molecule has 0 spiro atoms. The van der Waals surface area contributed by atoms with Crippen molar-refractivity contribution in [1.29, 1.82) is 0 Å². The van der Waals surface area contributed by atoms with Gasteiger partial charge in [-0.3, -0.25) is 9.69 Å². The van der Waals surface area contributed by atoms with Crippen molar-refractivity contribution in [2.45, 2.75) is 102 Å². The summed E-state index contributed by atoms with van der Waals surface area (Å²) in [6.45, 7) is 11.4. The highest BCUT2D eigenvalue weighted by Crippen LogP contribution is 2.31. The van der Waals surface area contributed by atoms with Crippen LogP contribution in [0.5, 0.6) is 0 Å². The van der Waals surface area contributed by atoms with Crippen LogP contribution < -0.4 is 10.0 Å². The van der Waals surface area contributed by atoms with Crippen molar-refractivity contribution < 1.29 is 13.2 Å². The Kier molecular flexibility index (Phi) is 8.77. The van der Waals surface area contributed by atoms with E-state index in [0.717, 1.165) is 31.4 Å². The molecule has 0 unspecified atom stereocenters. The first kappa shape index (κ1) is 27.8. The first-order valence-corrected chi connectivity index (χ1v) is 15.3. The molecule has 2 aromatic carbocycles. The molecule has 1 aliphatic carbocycles. The number of nitrogens with one attached hydrogen (secondary N) is 2. The van der Waals surface area contributed by atoms with Crippen molar-refractivity contribution >= 4 is 15.9 Å². The molecule has 0 bridgehead atoms. The third-order valence-electron chi connectivity index (χ3n) is 7.59. The summed E-state index contributed by atoms with van der Waals surface area (Å²) >= 11 is 0. The van der Waals surface area contributed by atoms with Gasteiger partial charge in [0.25, 0.3) is 0 Å². The van der Waals surface area contributed by atoms with Crippen LogP contribution in [0.3, 0.4) is 0 Å². The van der Waals surface area contributed by atoms with E-state index in [0.29, 0.717) is 0 Å². The maximum absolute atomic E-state index is 12.9. The normalized spacial score (nSPS) is 19.7. The quantitative estimate of drug-likeness (QED) is 0.495. The number of nitrogens with zero attached hydrogens (tertiary/aromatic N) is 1. The summed E-state index contributed by atoms with van der Waals surface area (Å²) in [6.07, 6.45) is 7.00. The Balaban J connectivity index is 1.33. The zero-order chi connectivity index (χ0) is 26.6. The van der Waals surface area contributed by atoms with Crippen molar-refractivity contribution in [3.63, 3.8) is 0 Å². The summed E-state index contributed by atoms with van der Waals surface area (Å²) in [4.78, 5) is 15.6. The summed E-state index contributed by atoms with van der Waals surface area (Å²) in [5.41, 5.74) is 4.91. The van der Waals surface area contributed by atoms with Gasteiger partial charge in [-0.15, -0.1) is 0 Å². The largest absolute Gasteiger partial charge is 0.349 e. The van der Waals surface area contributed by atoms with Crippen molar-refractivity contribution in [3.8, 4) is 0 Å². The Morgan fingerprint density at radius 3 is 2.41 bits per heavy atom. The van der Waals surface area contributed by atoms with Crippen LogP contribution in [0.15, 0.2) is 47.4 Å². The van der Waals surface area contributed by atoms with Crippen molar-refractivity contribution in [3.05, 3.63) is 64.7 Å². The maximum atomic E-state index is 12.9. The standard InChI is InChI=1S/C30H43N3O3S/c1-22(32-37(35,36)26-14-12-25(13-15-26)30(2,3)4)19-29(34)31-28-10-8-9-24-20-23(11-16-27(24)28)21-33-17-6-5-7-18-33/h11-16,20,22,28,32H,5-10,17-19,21H2,1-4H3,(H,31,34)/t22-,28+/m0/s1. The van der Waals surface area contributed by atoms with Crippen molar-refractivity contribution in [1.82, 2.24) is 14.9 Å². The van der Waals surface area contributed by atoms with Crippen LogP contribution in [0.1, 0.15) is 94.5 Å². The van der Waals surface area contributed by atoms with Gasteiger partial charge in [-0.05, 0) is 91.9 Å². The number of amides is 1. The van der Waals surface area contributed by atoms with Gasteiger partial charge in [0.05, 0.1) is 10.9 Å². The van der Waals surface area contributed by atoms with Crippen LogP contribution in [0, 0.1) is 0 Å². The third kappa shape index (κ3) is 7.43. The fraction of sp³-hybridized carbons (Fsp3) is 0.567. The first-order chi connectivity index (χ1) is 17.5. The molecule has 7 heteroatoms. The molecule has 0 radical (unpaired) electrons. The van der Waals surface area contributed by atoms with Crippen LogP contribution in [-0.2, 0) is 33.2 Å². The third-order valence-corrected chi connectivity index (χ3v) is 9.20. The minimum absolute atomic E-state index is 0.0194. The Morgan fingerprint density at radius 1 is 1.03 bits per heavy atom. The average molecular weight is 526 g/mol. The Morgan fingerprint density at radius 2 is 1.73 bits per heavy atom. The molecule has 2 aliphatic rings. The summed E-state index contributed by atoms with van der Waals surface area (Å²) in [5.74, 6) is -0.131.